The summed E-state index contributed by atoms with van der Waals surface area (Å²) in [5.41, 5.74) is 9.64. The lowest BCUT2D eigenvalue weighted by atomic mass is 9.94. The Hall–Kier alpha value is -1.35. The molecule has 1 aromatic carbocycles. The fourth-order valence-corrected chi connectivity index (χ4v) is 2.90. The van der Waals surface area contributed by atoms with Crippen molar-refractivity contribution in [2.24, 2.45) is 0 Å². The monoisotopic (exact) mass is 202 g/mol. The molecule has 3 rings (SSSR count). The summed E-state index contributed by atoms with van der Waals surface area (Å²) in [6.07, 6.45) is 2.12. The Morgan fingerprint density at radius 3 is 3.00 bits per heavy atom. The van der Waals surface area contributed by atoms with Crippen LogP contribution in [0.1, 0.15) is 11.3 Å². The number of nitrogen functional groups attached to an aromatic ring is 1. The fraction of sp³-hybridized carbons (Fsp3) is 0.182. The van der Waals surface area contributed by atoms with Crippen LogP contribution in [0, 0.1) is 0 Å². The Labute approximate surface area is 86.4 Å². The molecule has 1 heterocycles. The number of hydrogen-bond acceptors (Lipinski definition) is 3. The third-order valence-corrected chi connectivity index (χ3v) is 3.57. The minimum absolute atomic E-state index is 0.687. The van der Waals surface area contributed by atoms with Crippen LogP contribution in [0.4, 0.5) is 5.13 Å². The van der Waals surface area contributed by atoms with Crippen LogP contribution in [0.3, 0.4) is 0 Å². The molecule has 14 heavy (non-hydrogen) atoms. The minimum atomic E-state index is 0.687. The van der Waals surface area contributed by atoms with Crippen LogP contribution in [-0.2, 0) is 12.8 Å². The first-order valence-corrected chi connectivity index (χ1v) is 5.50. The zero-order chi connectivity index (χ0) is 9.54. The molecule has 0 radical (unpaired) electrons. The summed E-state index contributed by atoms with van der Waals surface area (Å²) in [7, 11) is 0. The van der Waals surface area contributed by atoms with E-state index in [1.54, 1.807) is 11.3 Å². The van der Waals surface area contributed by atoms with Crippen molar-refractivity contribution < 1.29 is 0 Å². The number of hydrogen-bond donors (Lipinski definition) is 1. The Kier molecular flexibility index (Phi) is 1.61. The van der Waals surface area contributed by atoms with Crippen LogP contribution in [0.15, 0.2) is 24.3 Å². The van der Waals surface area contributed by atoms with E-state index in [9.17, 15) is 0 Å². The Morgan fingerprint density at radius 2 is 2.07 bits per heavy atom. The second kappa shape index (κ2) is 2.82. The molecule has 0 saturated heterocycles. The first-order valence-electron chi connectivity index (χ1n) is 4.68. The van der Waals surface area contributed by atoms with Gasteiger partial charge in [0.05, 0.1) is 10.6 Å². The maximum atomic E-state index is 5.72. The van der Waals surface area contributed by atoms with Gasteiger partial charge in [-0.25, -0.2) is 4.98 Å². The molecule has 1 aliphatic rings. The highest BCUT2D eigenvalue weighted by Crippen LogP contribution is 2.38. The lowest BCUT2D eigenvalue weighted by molar-refractivity contribution is 0.912. The third-order valence-electron chi connectivity index (χ3n) is 2.61. The zero-order valence-electron chi connectivity index (χ0n) is 7.66. The molecular formula is C11H10N2S. The normalized spacial score (nSPS) is 13.4. The van der Waals surface area contributed by atoms with Gasteiger partial charge in [0.2, 0.25) is 0 Å². The SMILES string of the molecule is Nc1nc2c(s1)-c1ccccc1CC2. The second-order valence-corrected chi connectivity index (χ2v) is 4.52. The summed E-state index contributed by atoms with van der Waals surface area (Å²) in [4.78, 5) is 5.61. The van der Waals surface area contributed by atoms with E-state index in [0.29, 0.717) is 5.13 Å². The lowest BCUT2D eigenvalue weighted by Crippen LogP contribution is -2.01. The molecule has 2 nitrogen and oxygen atoms in total. The highest BCUT2D eigenvalue weighted by atomic mass is 32.1. The second-order valence-electron chi connectivity index (χ2n) is 3.49. The maximum Gasteiger partial charge on any atom is 0.180 e. The maximum absolute atomic E-state index is 5.72. The van der Waals surface area contributed by atoms with E-state index in [-0.39, 0.29) is 0 Å². The summed E-state index contributed by atoms with van der Waals surface area (Å²) in [6.45, 7) is 0. The standard InChI is InChI=1S/C11H10N2S/c12-11-13-9-6-5-7-3-1-2-4-8(7)10(9)14-11/h1-4H,5-6H2,(H2,12,13). The van der Waals surface area contributed by atoms with E-state index in [2.05, 4.69) is 29.2 Å². The van der Waals surface area contributed by atoms with E-state index >= 15 is 0 Å². The summed E-state index contributed by atoms with van der Waals surface area (Å²) in [6, 6.07) is 8.51. The topological polar surface area (TPSA) is 38.9 Å². The van der Waals surface area contributed by atoms with Crippen molar-refractivity contribution in [3.05, 3.63) is 35.5 Å². The van der Waals surface area contributed by atoms with Crippen LogP contribution in [0.2, 0.25) is 0 Å². The number of nitrogens with zero attached hydrogens (tertiary/aromatic N) is 1. The molecule has 0 unspecified atom stereocenters. The molecule has 0 saturated carbocycles. The van der Waals surface area contributed by atoms with Gasteiger partial charge >= 0.3 is 0 Å². The first-order chi connectivity index (χ1) is 6.84. The van der Waals surface area contributed by atoms with E-state index in [1.165, 1.54) is 21.7 Å². The number of thiazole rings is 1. The molecule has 1 aliphatic carbocycles. The van der Waals surface area contributed by atoms with Crippen LogP contribution in [-0.4, -0.2) is 4.98 Å². The average Bonchev–Trinajstić information content (AvgIpc) is 2.59. The quantitative estimate of drug-likeness (QED) is 0.712. The van der Waals surface area contributed by atoms with Crippen molar-refractivity contribution in [3.63, 3.8) is 0 Å². The largest absolute Gasteiger partial charge is 0.375 e. The van der Waals surface area contributed by atoms with Crippen molar-refractivity contribution in [3.8, 4) is 10.4 Å². The van der Waals surface area contributed by atoms with Gasteiger partial charge in [-0.2, -0.15) is 0 Å². The van der Waals surface area contributed by atoms with Crippen molar-refractivity contribution >= 4 is 16.5 Å². The molecule has 0 amide bonds. The molecule has 2 N–H and O–H groups in total. The Bertz CT molecular complexity index is 488. The van der Waals surface area contributed by atoms with E-state index < -0.39 is 0 Å². The van der Waals surface area contributed by atoms with E-state index in [4.69, 9.17) is 5.73 Å². The van der Waals surface area contributed by atoms with Crippen LogP contribution >= 0.6 is 11.3 Å². The van der Waals surface area contributed by atoms with Gasteiger partial charge in [-0.15, -0.1) is 0 Å². The number of aryl methyl sites for hydroxylation is 2. The van der Waals surface area contributed by atoms with Gasteiger partial charge < -0.3 is 5.73 Å². The molecule has 70 valence electrons. The average molecular weight is 202 g/mol. The molecular weight excluding hydrogens is 192 g/mol. The number of rotatable bonds is 0. The molecule has 0 atom stereocenters. The highest BCUT2D eigenvalue weighted by Gasteiger charge is 2.19. The summed E-state index contributed by atoms with van der Waals surface area (Å²) in [5, 5.41) is 0.687. The Balaban J connectivity index is 2.28. The van der Waals surface area contributed by atoms with Crippen LogP contribution < -0.4 is 5.73 Å². The third kappa shape index (κ3) is 1.06. The van der Waals surface area contributed by atoms with Gasteiger partial charge in [0.25, 0.3) is 0 Å². The number of anilines is 1. The van der Waals surface area contributed by atoms with Gasteiger partial charge in [-0.05, 0) is 24.0 Å². The van der Waals surface area contributed by atoms with Crippen molar-refractivity contribution in [1.29, 1.82) is 0 Å². The highest BCUT2D eigenvalue weighted by molar-refractivity contribution is 7.18. The molecule has 0 bridgehead atoms. The molecule has 0 fully saturated rings. The number of aromatic nitrogens is 1. The van der Waals surface area contributed by atoms with Crippen molar-refractivity contribution in [2.75, 3.05) is 5.73 Å². The first kappa shape index (κ1) is 8.00. The van der Waals surface area contributed by atoms with Crippen molar-refractivity contribution in [2.45, 2.75) is 12.8 Å². The number of fused-ring (bicyclic) bond motifs is 3. The zero-order valence-corrected chi connectivity index (χ0v) is 8.47. The predicted octanol–water partition coefficient (Wildman–Crippen LogP) is 2.49. The number of benzene rings is 1. The smallest absolute Gasteiger partial charge is 0.180 e. The fourth-order valence-electron chi connectivity index (χ4n) is 1.96. The van der Waals surface area contributed by atoms with Gasteiger partial charge in [0, 0.05) is 0 Å². The van der Waals surface area contributed by atoms with E-state index in [0.717, 1.165) is 12.8 Å². The van der Waals surface area contributed by atoms with Crippen LogP contribution in [0.5, 0.6) is 0 Å². The van der Waals surface area contributed by atoms with Gasteiger partial charge in [-0.1, -0.05) is 35.6 Å². The lowest BCUT2D eigenvalue weighted by Gasteiger charge is -2.13. The number of nitrogens with two attached hydrogens (primary N) is 1. The molecule has 3 heteroatoms. The van der Waals surface area contributed by atoms with Gasteiger partial charge in [0.1, 0.15) is 0 Å². The Morgan fingerprint density at radius 1 is 1.21 bits per heavy atom. The minimum Gasteiger partial charge on any atom is -0.375 e. The predicted molar refractivity (Wildman–Crippen MR) is 59.4 cm³/mol. The summed E-state index contributed by atoms with van der Waals surface area (Å²) >= 11 is 1.60. The molecule has 0 aliphatic heterocycles. The van der Waals surface area contributed by atoms with Crippen LogP contribution in [0.25, 0.3) is 10.4 Å². The molecule has 2 aromatic rings. The molecule has 0 spiro atoms. The van der Waals surface area contributed by atoms with Gasteiger partial charge in [0.15, 0.2) is 5.13 Å². The molecule has 1 aromatic heterocycles. The summed E-state index contributed by atoms with van der Waals surface area (Å²) < 4.78 is 0. The summed E-state index contributed by atoms with van der Waals surface area (Å²) in [5.74, 6) is 0. The van der Waals surface area contributed by atoms with E-state index in [1.807, 2.05) is 0 Å². The van der Waals surface area contributed by atoms with Crippen molar-refractivity contribution in [1.82, 2.24) is 4.98 Å². The van der Waals surface area contributed by atoms with Gasteiger partial charge in [-0.3, -0.25) is 0 Å².